The highest BCUT2D eigenvalue weighted by atomic mass is 35.5. The highest BCUT2D eigenvalue weighted by Crippen LogP contribution is 2.29. The van der Waals surface area contributed by atoms with Gasteiger partial charge in [-0.1, -0.05) is 46.4 Å². The smallest absolute Gasteiger partial charge is 0.265 e. The summed E-state index contributed by atoms with van der Waals surface area (Å²) in [5.74, 6) is -0.0877. The first-order chi connectivity index (χ1) is 10.3. The summed E-state index contributed by atoms with van der Waals surface area (Å²) < 4.78 is 26.8. The van der Waals surface area contributed by atoms with Crippen molar-refractivity contribution in [1.82, 2.24) is 0 Å². The van der Waals surface area contributed by atoms with Crippen LogP contribution in [0.5, 0.6) is 0 Å². The van der Waals surface area contributed by atoms with E-state index >= 15 is 0 Å². The number of aryl methyl sites for hydroxylation is 1. The van der Waals surface area contributed by atoms with Crippen molar-refractivity contribution in [1.29, 1.82) is 0 Å². The Bertz CT molecular complexity index is 999. The number of rotatable bonds is 3. The first kappa shape index (κ1) is 15.7. The molecule has 0 spiro atoms. The fourth-order valence-corrected chi connectivity index (χ4v) is 6.10. The maximum Gasteiger partial charge on any atom is 0.288 e. The SMILES string of the molecule is Cc1cc2sc(=O)sc2cc1S(=O)(=O)Cc1ccc(Cl)cc1. The lowest BCUT2D eigenvalue weighted by molar-refractivity contribution is 0.595. The molecule has 7 heteroatoms. The summed E-state index contributed by atoms with van der Waals surface area (Å²) >= 11 is 8.04. The molecular formula is C15H11ClO3S3. The molecule has 0 saturated heterocycles. The van der Waals surface area contributed by atoms with E-state index in [1.54, 1.807) is 43.3 Å². The van der Waals surface area contributed by atoms with Crippen LogP contribution in [0.3, 0.4) is 0 Å². The van der Waals surface area contributed by atoms with Gasteiger partial charge in [0.1, 0.15) is 0 Å². The Morgan fingerprint density at radius 2 is 1.64 bits per heavy atom. The van der Waals surface area contributed by atoms with Crippen LogP contribution in [0.15, 0.2) is 46.1 Å². The standard InChI is InChI=1S/C15H11ClO3S3/c1-9-6-12-13(21-15(17)20-12)7-14(9)22(18,19)8-10-2-4-11(16)5-3-10/h2-7H,8H2,1H3. The zero-order valence-corrected chi connectivity index (χ0v) is 14.7. The molecule has 114 valence electrons. The van der Waals surface area contributed by atoms with Crippen LogP contribution in [0, 0.1) is 6.92 Å². The molecule has 0 N–H and O–H groups in total. The Morgan fingerprint density at radius 1 is 1.05 bits per heavy atom. The van der Waals surface area contributed by atoms with Gasteiger partial charge in [0.25, 0.3) is 4.06 Å². The van der Waals surface area contributed by atoms with Crippen molar-refractivity contribution in [3.05, 3.63) is 61.4 Å². The molecule has 3 rings (SSSR count). The van der Waals surface area contributed by atoms with Gasteiger partial charge in [-0.3, -0.25) is 4.79 Å². The fraction of sp³-hybridized carbons (Fsp3) is 0.133. The number of halogens is 1. The van der Waals surface area contributed by atoms with Gasteiger partial charge in [-0.2, -0.15) is 0 Å². The highest BCUT2D eigenvalue weighted by Gasteiger charge is 2.19. The van der Waals surface area contributed by atoms with Crippen molar-refractivity contribution in [3.8, 4) is 0 Å². The number of sulfone groups is 1. The molecule has 3 aromatic rings. The summed E-state index contributed by atoms with van der Waals surface area (Å²) in [5, 5.41) is 0.571. The molecule has 0 saturated carbocycles. The van der Waals surface area contributed by atoms with E-state index in [4.69, 9.17) is 11.6 Å². The molecule has 1 heterocycles. The van der Waals surface area contributed by atoms with Gasteiger partial charge >= 0.3 is 0 Å². The Kier molecular flexibility index (Phi) is 4.11. The Morgan fingerprint density at radius 3 is 2.27 bits per heavy atom. The zero-order valence-electron chi connectivity index (χ0n) is 11.5. The van der Waals surface area contributed by atoms with Gasteiger partial charge in [-0.25, -0.2) is 8.42 Å². The summed E-state index contributed by atoms with van der Waals surface area (Å²) in [6.45, 7) is 1.75. The summed E-state index contributed by atoms with van der Waals surface area (Å²) in [5.41, 5.74) is 1.35. The monoisotopic (exact) mass is 370 g/mol. The second kappa shape index (κ2) is 5.77. The van der Waals surface area contributed by atoms with Gasteiger partial charge in [0.2, 0.25) is 0 Å². The number of hydrogen-bond donors (Lipinski definition) is 0. The topological polar surface area (TPSA) is 51.2 Å². The largest absolute Gasteiger partial charge is 0.288 e. The van der Waals surface area contributed by atoms with Crippen molar-refractivity contribution < 1.29 is 8.42 Å². The van der Waals surface area contributed by atoms with Gasteiger partial charge in [0.05, 0.1) is 15.3 Å². The van der Waals surface area contributed by atoms with Gasteiger partial charge in [0, 0.05) is 9.72 Å². The molecular weight excluding hydrogens is 360 g/mol. The molecule has 0 aliphatic heterocycles. The van der Waals surface area contributed by atoms with Crippen LogP contribution in [0.4, 0.5) is 0 Å². The molecule has 0 fully saturated rings. The van der Waals surface area contributed by atoms with Crippen LogP contribution in [-0.2, 0) is 15.6 Å². The van der Waals surface area contributed by atoms with Crippen LogP contribution in [0.2, 0.25) is 5.02 Å². The predicted octanol–water partition coefficient (Wildman–Crippen LogP) is 4.26. The average molecular weight is 371 g/mol. The third kappa shape index (κ3) is 3.10. The first-order valence-electron chi connectivity index (χ1n) is 6.37. The molecule has 0 amide bonds. The molecule has 22 heavy (non-hydrogen) atoms. The third-order valence-electron chi connectivity index (χ3n) is 3.23. The molecule has 0 aliphatic carbocycles. The predicted molar refractivity (Wildman–Crippen MR) is 93.1 cm³/mol. The van der Waals surface area contributed by atoms with E-state index < -0.39 is 9.84 Å². The minimum Gasteiger partial charge on any atom is -0.265 e. The summed E-state index contributed by atoms with van der Waals surface area (Å²) in [6, 6.07) is 10.1. The zero-order chi connectivity index (χ0) is 15.9. The van der Waals surface area contributed by atoms with Crippen LogP contribution >= 0.6 is 34.3 Å². The fourth-order valence-electron chi connectivity index (χ4n) is 2.22. The lowest BCUT2D eigenvalue weighted by Gasteiger charge is -2.08. The first-order valence-corrected chi connectivity index (χ1v) is 10.0. The molecule has 2 aromatic carbocycles. The highest BCUT2D eigenvalue weighted by molar-refractivity contribution is 7.90. The minimum absolute atomic E-state index is 0.0263. The van der Waals surface area contributed by atoms with E-state index in [2.05, 4.69) is 0 Å². The molecule has 0 radical (unpaired) electrons. The maximum atomic E-state index is 12.7. The lowest BCUT2D eigenvalue weighted by Crippen LogP contribution is -2.06. The van der Waals surface area contributed by atoms with Crippen LogP contribution in [-0.4, -0.2) is 8.42 Å². The van der Waals surface area contributed by atoms with E-state index in [1.807, 2.05) is 0 Å². The lowest BCUT2D eigenvalue weighted by atomic mass is 10.2. The van der Waals surface area contributed by atoms with E-state index in [0.29, 0.717) is 16.1 Å². The normalized spacial score (nSPS) is 11.9. The summed E-state index contributed by atoms with van der Waals surface area (Å²) in [7, 11) is -3.47. The second-order valence-electron chi connectivity index (χ2n) is 4.90. The second-order valence-corrected chi connectivity index (χ2v) is 9.59. The summed E-state index contributed by atoms with van der Waals surface area (Å²) in [6.07, 6.45) is 0. The Hall–Kier alpha value is -1.21. The molecule has 0 aliphatic rings. The number of benzene rings is 2. The van der Waals surface area contributed by atoms with Crippen LogP contribution in [0.25, 0.3) is 9.40 Å². The maximum absolute atomic E-state index is 12.7. The van der Waals surface area contributed by atoms with E-state index in [-0.39, 0.29) is 14.7 Å². The van der Waals surface area contributed by atoms with Crippen molar-refractivity contribution in [2.24, 2.45) is 0 Å². The molecule has 0 atom stereocenters. The number of hydrogen-bond acceptors (Lipinski definition) is 5. The van der Waals surface area contributed by atoms with Gasteiger partial charge in [-0.05, 0) is 42.3 Å². The number of fused-ring (bicyclic) bond motifs is 1. The van der Waals surface area contributed by atoms with Gasteiger partial charge in [-0.15, -0.1) is 0 Å². The van der Waals surface area contributed by atoms with Crippen LogP contribution in [0.1, 0.15) is 11.1 Å². The summed E-state index contributed by atoms with van der Waals surface area (Å²) in [4.78, 5) is 11.7. The third-order valence-corrected chi connectivity index (χ3v) is 7.39. The average Bonchev–Trinajstić information content (AvgIpc) is 2.79. The molecule has 1 aromatic heterocycles. The minimum atomic E-state index is -3.47. The van der Waals surface area contributed by atoms with Crippen molar-refractivity contribution in [2.45, 2.75) is 17.6 Å². The van der Waals surface area contributed by atoms with Gasteiger partial charge < -0.3 is 0 Å². The quantitative estimate of drug-likeness (QED) is 0.692. The van der Waals surface area contributed by atoms with Crippen molar-refractivity contribution >= 4 is 53.5 Å². The molecule has 0 bridgehead atoms. The molecule has 0 unspecified atom stereocenters. The van der Waals surface area contributed by atoms with Crippen LogP contribution < -0.4 is 4.06 Å². The molecule has 3 nitrogen and oxygen atoms in total. The Balaban J connectivity index is 2.06. The van der Waals surface area contributed by atoms with Gasteiger partial charge in [0.15, 0.2) is 9.84 Å². The van der Waals surface area contributed by atoms with E-state index in [9.17, 15) is 13.2 Å². The van der Waals surface area contributed by atoms with Crippen molar-refractivity contribution in [3.63, 3.8) is 0 Å². The Labute approximate surface area is 140 Å². The van der Waals surface area contributed by atoms with E-state index in [0.717, 1.165) is 32.1 Å². The van der Waals surface area contributed by atoms with Crippen molar-refractivity contribution in [2.75, 3.05) is 0 Å². The van der Waals surface area contributed by atoms with E-state index in [1.165, 1.54) is 0 Å².